The van der Waals surface area contributed by atoms with Gasteiger partial charge in [-0.3, -0.25) is 4.79 Å². The van der Waals surface area contributed by atoms with E-state index in [0.29, 0.717) is 28.1 Å². The molecule has 0 atom stereocenters. The molecule has 0 radical (unpaired) electrons. The van der Waals surface area contributed by atoms with E-state index in [1.165, 1.54) is 25.5 Å². The largest absolute Gasteiger partial charge is 0.493 e. The normalized spacial score (nSPS) is 11.5. The minimum absolute atomic E-state index is 0.152. The van der Waals surface area contributed by atoms with Crippen molar-refractivity contribution in [3.63, 3.8) is 0 Å². The highest BCUT2D eigenvalue weighted by Crippen LogP contribution is 2.37. The van der Waals surface area contributed by atoms with Gasteiger partial charge in [0.05, 0.1) is 23.4 Å². The van der Waals surface area contributed by atoms with Crippen LogP contribution in [0.25, 0.3) is 0 Å². The van der Waals surface area contributed by atoms with Crippen LogP contribution < -0.4 is 14.9 Å². The predicted octanol–water partition coefficient (Wildman–Crippen LogP) is 6.13. The predicted molar refractivity (Wildman–Crippen MR) is 123 cm³/mol. The molecular formula is C24H20BrF3N2O3. The number of aryl methyl sites for hydroxylation is 1. The molecule has 5 nitrogen and oxygen atoms in total. The van der Waals surface area contributed by atoms with Gasteiger partial charge in [0.25, 0.3) is 5.91 Å². The van der Waals surface area contributed by atoms with Gasteiger partial charge in [0.1, 0.15) is 6.61 Å². The van der Waals surface area contributed by atoms with Gasteiger partial charge in [-0.1, -0.05) is 35.9 Å². The molecule has 3 rings (SSSR count). The molecule has 9 heteroatoms. The molecule has 0 aliphatic rings. The van der Waals surface area contributed by atoms with Crippen molar-refractivity contribution >= 4 is 28.1 Å². The maximum atomic E-state index is 12.8. The van der Waals surface area contributed by atoms with Gasteiger partial charge in [0, 0.05) is 5.56 Å². The van der Waals surface area contributed by atoms with Crippen molar-refractivity contribution in [3.05, 3.63) is 93.0 Å². The lowest BCUT2D eigenvalue weighted by atomic mass is 10.1. The summed E-state index contributed by atoms with van der Waals surface area (Å²) in [6.45, 7) is 2.34. The summed E-state index contributed by atoms with van der Waals surface area (Å²) in [6.07, 6.45) is -3.19. The molecule has 0 heterocycles. The molecule has 0 bridgehead atoms. The molecule has 0 fully saturated rings. The molecule has 3 aromatic rings. The van der Waals surface area contributed by atoms with Crippen molar-refractivity contribution in [1.29, 1.82) is 0 Å². The van der Waals surface area contributed by atoms with E-state index >= 15 is 0 Å². The Balaban J connectivity index is 1.70. The number of ether oxygens (including phenoxy) is 2. The van der Waals surface area contributed by atoms with Crippen molar-refractivity contribution < 1.29 is 27.4 Å². The summed E-state index contributed by atoms with van der Waals surface area (Å²) in [6, 6.07) is 15.4. The van der Waals surface area contributed by atoms with E-state index in [1.807, 2.05) is 31.2 Å². The zero-order chi connectivity index (χ0) is 24.0. The summed E-state index contributed by atoms with van der Waals surface area (Å²) in [7, 11) is 1.50. The van der Waals surface area contributed by atoms with Gasteiger partial charge in [-0.25, -0.2) is 5.43 Å². The Kier molecular flexibility index (Phi) is 7.75. The molecule has 0 aliphatic carbocycles. The van der Waals surface area contributed by atoms with Crippen molar-refractivity contribution in [1.82, 2.24) is 5.43 Å². The first-order chi connectivity index (χ1) is 15.7. The number of nitrogens with one attached hydrogen (secondary N) is 1. The topological polar surface area (TPSA) is 59.9 Å². The van der Waals surface area contributed by atoms with E-state index in [1.54, 1.807) is 12.1 Å². The lowest BCUT2D eigenvalue weighted by molar-refractivity contribution is -0.137. The number of carbonyl (C=O) groups is 1. The van der Waals surface area contributed by atoms with Crippen LogP contribution in [0.15, 0.2) is 70.2 Å². The first-order valence-electron chi connectivity index (χ1n) is 9.74. The lowest BCUT2D eigenvalue weighted by Gasteiger charge is -2.14. The van der Waals surface area contributed by atoms with E-state index in [2.05, 4.69) is 26.5 Å². The van der Waals surface area contributed by atoms with E-state index in [4.69, 9.17) is 9.47 Å². The third-order valence-corrected chi connectivity index (χ3v) is 5.14. The second-order valence-corrected chi connectivity index (χ2v) is 7.94. The summed E-state index contributed by atoms with van der Waals surface area (Å²) >= 11 is 3.45. The number of hydrogen-bond donors (Lipinski definition) is 1. The summed E-state index contributed by atoms with van der Waals surface area (Å²) in [5.74, 6) is 0.188. The molecular weight excluding hydrogens is 501 g/mol. The Morgan fingerprint density at radius 2 is 1.88 bits per heavy atom. The third-order valence-electron chi connectivity index (χ3n) is 4.55. The van der Waals surface area contributed by atoms with Crippen molar-refractivity contribution in [2.45, 2.75) is 19.7 Å². The van der Waals surface area contributed by atoms with Crippen LogP contribution in [0.5, 0.6) is 11.5 Å². The quantitative estimate of drug-likeness (QED) is 0.301. The number of hydrogen-bond acceptors (Lipinski definition) is 4. The first-order valence-corrected chi connectivity index (χ1v) is 10.5. The summed E-state index contributed by atoms with van der Waals surface area (Å²) in [4.78, 5) is 12.2. The Labute approximate surface area is 197 Å². The van der Waals surface area contributed by atoms with Crippen molar-refractivity contribution in [2.24, 2.45) is 5.10 Å². The monoisotopic (exact) mass is 520 g/mol. The Morgan fingerprint density at radius 1 is 1.12 bits per heavy atom. The number of hydrazone groups is 1. The van der Waals surface area contributed by atoms with Crippen LogP contribution in [0.2, 0.25) is 0 Å². The van der Waals surface area contributed by atoms with Crippen LogP contribution in [-0.2, 0) is 12.8 Å². The average Bonchev–Trinajstić information content (AvgIpc) is 2.77. The fourth-order valence-corrected chi connectivity index (χ4v) is 3.55. The smallest absolute Gasteiger partial charge is 0.416 e. The summed E-state index contributed by atoms with van der Waals surface area (Å²) in [5.41, 5.74) is 3.87. The van der Waals surface area contributed by atoms with Gasteiger partial charge in [0.15, 0.2) is 11.5 Å². The fourth-order valence-electron chi connectivity index (χ4n) is 2.98. The maximum Gasteiger partial charge on any atom is 0.416 e. The highest BCUT2D eigenvalue weighted by atomic mass is 79.9. The van der Waals surface area contributed by atoms with Crippen LogP contribution in [0, 0.1) is 6.92 Å². The van der Waals surface area contributed by atoms with E-state index in [9.17, 15) is 18.0 Å². The Morgan fingerprint density at radius 3 is 2.58 bits per heavy atom. The van der Waals surface area contributed by atoms with Gasteiger partial charge >= 0.3 is 6.18 Å². The van der Waals surface area contributed by atoms with Gasteiger partial charge in [-0.05, 0) is 64.3 Å². The molecule has 1 N–H and O–H groups in total. The minimum atomic E-state index is -4.54. The first kappa shape index (κ1) is 24.3. The lowest BCUT2D eigenvalue weighted by Crippen LogP contribution is -2.18. The molecule has 3 aromatic carbocycles. The second kappa shape index (κ2) is 10.5. The number of benzene rings is 3. The fraction of sp³-hybridized carbons (Fsp3) is 0.167. The zero-order valence-electron chi connectivity index (χ0n) is 17.7. The number of methoxy groups -OCH3 is 1. The summed E-state index contributed by atoms with van der Waals surface area (Å²) < 4.78 is 50.4. The number of halogens is 4. The molecule has 0 spiro atoms. The van der Waals surface area contributed by atoms with Gasteiger partial charge in [-0.2, -0.15) is 18.3 Å². The molecule has 1 amide bonds. The Bertz CT molecular complexity index is 1180. The molecule has 33 heavy (non-hydrogen) atoms. The van der Waals surface area contributed by atoms with Crippen LogP contribution in [-0.4, -0.2) is 19.2 Å². The van der Waals surface area contributed by atoms with Gasteiger partial charge in [-0.15, -0.1) is 0 Å². The van der Waals surface area contributed by atoms with Crippen LogP contribution in [0.4, 0.5) is 13.2 Å². The molecule has 0 saturated carbocycles. The van der Waals surface area contributed by atoms with Crippen LogP contribution in [0.1, 0.15) is 32.6 Å². The highest BCUT2D eigenvalue weighted by Gasteiger charge is 2.30. The average molecular weight is 521 g/mol. The number of amides is 1. The van der Waals surface area contributed by atoms with E-state index in [0.717, 1.165) is 23.3 Å². The van der Waals surface area contributed by atoms with Gasteiger partial charge in [0.2, 0.25) is 0 Å². The SMILES string of the molecule is COc1cc(/C=N\NC(=O)c2cccc(C(F)(F)F)c2)cc(Br)c1OCc1cccc(C)c1. The molecule has 0 unspecified atom stereocenters. The van der Waals surface area contributed by atoms with Crippen LogP contribution >= 0.6 is 15.9 Å². The zero-order valence-corrected chi connectivity index (χ0v) is 19.3. The third kappa shape index (κ3) is 6.58. The van der Waals surface area contributed by atoms with E-state index in [-0.39, 0.29) is 5.56 Å². The highest BCUT2D eigenvalue weighted by molar-refractivity contribution is 9.10. The number of nitrogens with zero attached hydrogens (tertiary/aromatic N) is 1. The van der Waals surface area contributed by atoms with Crippen molar-refractivity contribution in [2.75, 3.05) is 7.11 Å². The number of carbonyl (C=O) groups excluding carboxylic acids is 1. The molecule has 0 aromatic heterocycles. The van der Waals surface area contributed by atoms with E-state index < -0.39 is 17.6 Å². The number of alkyl halides is 3. The Hall–Kier alpha value is -3.33. The molecule has 0 saturated heterocycles. The number of rotatable bonds is 7. The molecule has 172 valence electrons. The maximum absolute atomic E-state index is 12.8. The van der Waals surface area contributed by atoms with Crippen LogP contribution in [0.3, 0.4) is 0 Å². The van der Waals surface area contributed by atoms with Gasteiger partial charge < -0.3 is 9.47 Å². The second-order valence-electron chi connectivity index (χ2n) is 7.09. The van der Waals surface area contributed by atoms with Crippen molar-refractivity contribution in [3.8, 4) is 11.5 Å². The molecule has 0 aliphatic heterocycles. The minimum Gasteiger partial charge on any atom is -0.493 e. The summed E-state index contributed by atoms with van der Waals surface area (Å²) in [5, 5.41) is 3.84. The standard InChI is InChI=1S/C24H20BrF3N2O3/c1-15-5-3-6-16(9-15)14-33-22-20(25)10-17(11-21(22)32-2)13-29-30-23(31)18-7-4-8-19(12-18)24(26,27)28/h3-13H,14H2,1-2H3,(H,30,31)/b29-13-.